The fourth-order valence-electron chi connectivity index (χ4n) is 2.52. The number of nitro groups is 1. The van der Waals surface area contributed by atoms with Crippen LogP contribution in [0.15, 0.2) is 42.5 Å². The number of carbonyl (C=O) groups is 1. The summed E-state index contributed by atoms with van der Waals surface area (Å²) in [5, 5.41) is 20.5. The number of nitrogens with zero attached hydrogens (tertiary/aromatic N) is 2. The van der Waals surface area contributed by atoms with Crippen LogP contribution in [0, 0.1) is 15.9 Å². The lowest BCUT2D eigenvalue weighted by Gasteiger charge is -2.22. The molecular formula is C17H15FN2O4. The molecule has 24 heavy (non-hydrogen) atoms. The van der Waals surface area contributed by atoms with Crippen LogP contribution in [0.3, 0.4) is 0 Å². The van der Waals surface area contributed by atoms with Crippen LogP contribution in [0.2, 0.25) is 0 Å². The fraction of sp³-hybridized carbons (Fsp3) is 0.235. The van der Waals surface area contributed by atoms with Crippen LogP contribution < -0.4 is 0 Å². The highest BCUT2D eigenvalue weighted by Crippen LogP contribution is 2.32. The van der Waals surface area contributed by atoms with Crippen molar-refractivity contribution in [3.63, 3.8) is 0 Å². The van der Waals surface area contributed by atoms with E-state index in [1.54, 1.807) is 17.0 Å². The smallest absolute Gasteiger partial charge is 0.310 e. The predicted octanol–water partition coefficient (Wildman–Crippen LogP) is 3.24. The van der Waals surface area contributed by atoms with E-state index in [2.05, 4.69) is 0 Å². The van der Waals surface area contributed by atoms with E-state index in [9.17, 15) is 24.4 Å². The van der Waals surface area contributed by atoms with Crippen molar-refractivity contribution in [1.29, 1.82) is 0 Å². The molecule has 1 saturated carbocycles. The van der Waals surface area contributed by atoms with Crippen molar-refractivity contribution in [2.24, 2.45) is 0 Å². The first-order valence-corrected chi connectivity index (χ1v) is 7.48. The highest BCUT2D eigenvalue weighted by atomic mass is 19.1. The molecule has 2 aromatic rings. The van der Waals surface area contributed by atoms with E-state index in [-0.39, 0.29) is 23.3 Å². The molecule has 2 aromatic carbocycles. The Hall–Kier alpha value is -2.96. The van der Waals surface area contributed by atoms with E-state index in [1.807, 2.05) is 0 Å². The maximum atomic E-state index is 13.0. The highest BCUT2D eigenvalue weighted by molar-refractivity contribution is 5.95. The lowest BCUT2D eigenvalue weighted by molar-refractivity contribution is -0.385. The van der Waals surface area contributed by atoms with E-state index < -0.39 is 16.4 Å². The zero-order valence-electron chi connectivity index (χ0n) is 12.7. The number of aromatic hydroxyl groups is 1. The summed E-state index contributed by atoms with van der Waals surface area (Å²) in [6.45, 7) is 0.321. The Morgan fingerprint density at radius 2 is 1.92 bits per heavy atom. The second-order valence-electron chi connectivity index (χ2n) is 5.75. The van der Waals surface area contributed by atoms with Gasteiger partial charge < -0.3 is 10.0 Å². The van der Waals surface area contributed by atoms with E-state index in [0.717, 1.165) is 30.5 Å². The van der Waals surface area contributed by atoms with Crippen LogP contribution in [-0.4, -0.2) is 26.9 Å². The number of rotatable bonds is 5. The topological polar surface area (TPSA) is 83.7 Å². The summed E-state index contributed by atoms with van der Waals surface area (Å²) in [7, 11) is 0. The standard InChI is InChI=1S/C17H15FN2O4/c18-13-4-1-11(2-5-13)10-19(14-6-7-14)17(22)12-3-8-15(20(23)24)16(21)9-12/h1-5,8-9,14,21H,6-7,10H2. The summed E-state index contributed by atoms with van der Waals surface area (Å²) >= 11 is 0. The molecule has 1 fully saturated rings. The monoisotopic (exact) mass is 330 g/mol. The first kappa shape index (κ1) is 15.9. The predicted molar refractivity (Wildman–Crippen MR) is 84.1 cm³/mol. The van der Waals surface area contributed by atoms with E-state index >= 15 is 0 Å². The van der Waals surface area contributed by atoms with Crippen LogP contribution in [0.5, 0.6) is 5.75 Å². The third-order valence-corrected chi connectivity index (χ3v) is 3.93. The summed E-state index contributed by atoms with van der Waals surface area (Å²) in [5.41, 5.74) is 0.540. The Labute approximate surface area is 137 Å². The molecule has 0 bridgehead atoms. The Balaban J connectivity index is 1.83. The van der Waals surface area contributed by atoms with E-state index in [1.165, 1.54) is 18.2 Å². The average Bonchev–Trinajstić information content (AvgIpc) is 3.38. The van der Waals surface area contributed by atoms with Crippen molar-refractivity contribution in [2.45, 2.75) is 25.4 Å². The van der Waals surface area contributed by atoms with Gasteiger partial charge in [0.1, 0.15) is 5.82 Å². The third kappa shape index (κ3) is 3.34. The number of hydrogen-bond donors (Lipinski definition) is 1. The Bertz CT molecular complexity index is 788. The molecule has 7 heteroatoms. The van der Waals surface area contributed by atoms with Gasteiger partial charge in [0, 0.05) is 24.2 Å². The molecule has 0 aromatic heterocycles. The zero-order valence-corrected chi connectivity index (χ0v) is 12.7. The summed E-state index contributed by atoms with van der Waals surface area (Å²) in [6, 6.07) is 9.56. The Kier molecular flexibility index (Phi) is 4.16. The van der Waals surface area contributed by atoms with Gasteiger partial charge in [-0.25, -0.2) is 4.39 Å². The van der Waals surface area contributed by atoms with Crippen LogP contribution in [0.25, 0.3) is 0 Å². The van der Waals surface area contributed by atoms with Gasteiger partial charge in [0.05, 0.1) is 4.92 Å². The Morgan fingerprint density at radius 1 is 1.25 bits per heavy atom. The minimum Gasteiger partial charge on any atom is -0.502 e. The van der Waals surface area contributed by atoms with Gasteiger partial charge in [-0.3, -0.25) is 14.9 Å². The molecule has 1 amide bonds. The number of carbonyl (C=O) groups excluding carboxylic acids is 1. The molecule has 1 N–H and O–H groups in total. The Morgan fingerprint density at radius 3 is 2.46 bits per heavy atom. The molecular weight excluding hydrogens is 315 g/mol. The van der Waals surface area contributed by atoms with Crippen LogP contribution in [-0.2, 0) is 6.54 Å². The molecule has 1 aliphatic rings. The van der Waals surface area contributed by atoms with Crippen molar-refractivity contribution >= 4 is 11.6 Å². The molecule has 124 valence electrons. The maximum absolute atomic E-state index is 13.0. The fourth-order valence-corrected chi connectivity index (χ4v) is 2.52. The van der Waals surface area contributed by atoms with Gasteiger partial charge >= 0.3 is 5.69 Å². The highest BCUT2D eigenvalue weighted by Gasteiger charge is 2.33. The van der Waals surface area contributed by atoms with Gasteiger partial charge in [-0.05, 0) is 42.7 Å². The first-order valence-electron chi connectivity index (χ1n) is 7.48. The van der Waals surface area contributed by atoms with Gasteiger partial charge in [-0.15, -0.1) is 0 Å². The molecule has 0 unspecified atom stereocenters. The molecule has 3 rings (SSSR count). The summed E-state index contributed by atoms with van der Waals surface area (Å²) < 4.78 is 13.0. The number of phenolic OH excluding ortho intramolecular Hbond substituents is 1. The van der Waals surface area contributed by atoms with Crippen molar-refractivity contribution in [2.75, 3.05) is 0 Å². The van der Waals surface area contributed by atoms with Gasteiger partial charge in [0.2, 0.25) is 0 Å². The lowest BCUT2D eigenvalue weighted by atomic mass is 10.1. The molecule has 0 atom stereocenters. The van der Waals surface area contributed by atoms with Crippen LogP contribution in [0.1, 0.15) is 28.8 Å². The number of nitro benzene ring substituents is 1. The second-order valence-corrected chi connectivity index (χ2v) is 5.75. The summed E-state index contributed by atoms with van der Waals surface area (Å²) in [6.07, 6.45) is 1.76. The van der Waals surface area contributed by atoms with Crippen molar-refractivity contribution in [1.82, 2.24) is 4.90 Å². The normalized spacial score (nSPS) is 13.5. The molecule has 6 nitrogen and oxygen atoms in total. The van der Waals surface area contributed by atoms with Gasteiger partial charge in [0.15, 0.2) is 5.75 Å². The number of hydrogen-bond acceptors (Lipinski definition) is 4. The third-order valence-electron chi connectivity index (χ3n) is 3.93. The number of halogens is 1. The number of amides is 1. The molecule has 0 spiro atoms. The first-order chi connectivity index (χ1) is 11.5. The minimum atomic E-state index is -0.708. The van der Waals surface area contributed by atoms with Crippen molar-refractivity contribution < 1.29 is 19.2 Å². The largest absolute Gasteiger partial charge is 0.502 e. The zero-order chi connectivity index (χ0) is 17.3. The second kappa shape index (κ2) is 6.27. The molecule has 0 saturated heterocycles. The van der Waals surface area contributed by atoms with Crippen molar-refractivity contribution in [3.05, 3.63) is 69.5 Å². The van der Waals surface area contributed by atoms with Crippen LogP contribution in [0.4, 0.5) is 10.1 Å². The van der Waals surface area contributed by atoms with E-state index in [4.69, 9.17) is 0 Å². The summed E-state index contributed by atoms with van der Waals surface area (Å²) in [5.74, 6) is -1.20. The molecule has 0 heterocycles. The molecule has 0 radical (unpaired) electrons. The minimum absolute atomic E-state index is 0.0971. The van der Waals surface area contributed by atoms with E-state index in [0.29, 0.717) is 6.54 Å². The average molecular weight is 330 g/mol. The maximum Gasteiger partial charge on any atom is 0.310 e. The quantitative estimate of drug-likeness (QED) is 0.674. The summed E-state index contributed by atoms with van der Waals surface area (Å²) in [4.78, 5) is 24.4. The SMILES string of the molecule is O=C(c1ccc([N+](=O)[O-])c(O)c1)N(Cc1ccc(F)cc1)C1CC1. The van der Waals surface area contributed by atoms with Gasteiger partial charge in [0.25, 0.3) is 5.91 Å². The molecule has 1 aliphatic carbocycles. The lowest BCUT2D eigenvalue weighted by Crippen LogP contribution is -2.32. The van der Waals surface area contributed by atoms with Crippen molar-refractivity contribution in [3.8, 4) is 5.75 Å². The van der Waals surface area contributed by atoms with Gasteiger partial charge in [-0.2, -0.15) is 0 Å². The number of phenols is 1. The number of benzene rings is 2. The van der Waals surface area contributed by atoms with Crippen LogP contribution >= 0.6 is 0 Å². The van der Waals surface area contributed by atoms with Gasteiger partial charge in [-0.1, -0.05) is 12.1 Å². The molecule has 0 aliphatic heterocycles.